The van der Waals surface area contributed by atoms with Crippen molar-refractivity contribution >= 4 is 17.5 Å². The van der Waals surface area contributed by atoms with E-state index in [2.05, 4.69) is 10.3 Å². The number of aromatic nitrogens is 1. The van der Waals surface area contributed by atoms with E-state index >= 15 is 0 Å². The molecular weight excluding hydrogens is 246 g/mol. The third-order valence-electron chi connectivity index (χ3n) is 2.05. The number of carbonyl (C=O) groups is 1. The van der Waals surface area contributed by atoms with Crippen LogP contribution in [0.15, 0.2) is 12.3 Å². The fourth-order valence-electron chi connectivity index (χ4n) is 1.15. The highest BCUT2D eigenvalue weighted by molar-refractivity contribution is 5.94. The number of nitro groups is 1. The number of hydrogen-bond acceptors (Lipinski definition) is 7. The van der Waals surface area contributed by atoms with Crippen molar-refractivity contribution in [3.63, 3.8) is 0 Å². The van der Waals surface area contributed by atoms with Gasteiger partial charge in [0, 0.05) is 6.54 Å². The van der Waals surface area contributed by atoms with Crippen LogP contribution in [0.1, 0.15) is 10.4 Å². The van der Waals surface area contributed by atoms with Gasteiger partial charge in [-0.1, -0.05) is 0 Å². The van der Waals surface area contributed by atoms with Crippen LogP contribution in [0.3, 0.4) is 0 Å². The Morgan fingerprint density at radius 1 is 1.61 bits per heavy atom. The molecule has 0 saturated heterocycles. The maximum atomic E-state index is 10.9. The average Bonchev–Trinajstić information content (AvgIpc) is 2.35. The van der Waals surface area contributed by atoms with Crippen LogP contribution in [0.2, 0.25) is 0 Å². The molecule has 0 radical (unpaired) electrons. The Bertz CT molecular complexity index is 464. The molecule has 1 aromatic heterocycles. The van der Waals surface area contributed by atoms with Gasteiger partial charge in [0.15, 0.2) is 6.20 Å². The lowest BCUT2D eigenvalue weighted by molar-refractivity contribution is -0.389. The molecule has 0 aliphatic carbocycles. The Kier molecular flexibility index (Phi) is 4.52. The van der Waals surface area contributed by atoms with Crippen LogP contribution < -0.4 is 5.32 Å². The molecule has 0 fully saturated rings. The summed E-state index contributed by atoms with van der Waals surface area (Å²) in [6.07, 6.45) is -0.0760. The van der Waals surface area contributed by atoms with Crippen molar-refractivity contribution in [2.75, 3.05) is 18.5 Å². The van der Waals surface area contributed by atoms with Crippen LogP contribution in [0, 0.1) is 10.1 Å². The quantitative estimate of drug-likeness (QED) is 0.392. The smallest absolute Gasteiger partial charge is 0.364 e. The van der Waals surface area contributed by atoms with Crippen LogP contribution in [0.5, 0.6) is 0 Å². The maximum absolute atomic E-state index is 10.9. The number of rotatable bonds is 6. The zero-order valence-electron chi connectivity index (χ0n) is 9.11. The van der Waals surface area contributed by atoms with Crippen molar-refractivity contribution < 1.29 is 25.0 Å². The number of aromatic carboxylic acids is 1. The SMILES string of the molecule is O=C(O)c1cc([N+](=O)[O-])ncc1NCC(O)CO. The summed E-state index contributed by atoms with van der Waals surface area (Å²) in [5.74, 6) is -1.94. The first-order valence-electron chi connectivity index (χ1n) is 4.86. The highest BCUT2D eigenvalue weighted by atomic mass is 16.6. The van der Waals surface area contributed by atoms with Crippen molar-refractivity contribution in [2.24, 2.45) is 0 Å². The zero-order chi connectivity index (χ0) is 13.7. The number of nitrogens with zero attached hydrogens (tertiary/aromatic N) is 2. The van der Waals surface area contributed by atoms with E-state index in [0.717, 1.165) is 12.3 Å². The lowest BCUT2D eigenvalue weighted by atomic mass is 10.2. The van der Waals surface area contributed by atoms with E-state index in [1.54, 1.807) is 0 Å². The number of aliphatic hydroxyl groups excluding tert-OH is 2. The van der Waals surface area contributed by atoms with Gasteiger partial charge < -0.3 is 30.8 Å². The Labute approximate surface area is 101 Å². The molecule has 1 unspecified atom stereocenters. The van der Waals surface area contributed by atoms with Crippen molar-refractivity contribution in [1.29, 1.82) is 0 Å². The summed E-state index contributed by atoms with van der Waals surface area (Å²) in [5.41, 5.74) is -0.303. The van der Waals surface area contributed by atoms with Crippen LogP contribution in [0.4, 0.5) is 11.5 Å². The highest BCUT2D eigenvalue weighted by Crippen LogP contribution is 2.19. The second kappa shape index (κ2) is 5.89. The predicted octanol–water partition coefficient (Wildman–Crippen LogP) is -0.547. The molecule has 0 aliphatic heterocycles. The molecule has 9 heteroatoms. The monoisotopic (exact) mass is 257 g/mol. The molecule has 9 nitrogen and oxygen atoms in total. The number of carboxylic acids is 1. The van der Waals surface area contributed by atoms with E-state index < -0.39 is 29.4 Å². The van der Waals surface area contributed by atoms with Gasteiger partial charge in [-0.3, -0.25) is 0 Å². The van der Waals surface area contributed by atoms with Crippen molar-refractivity contribution in [1.82, 2.24) is 4.98 Å². The highest BCUT2D eigenvalue weighted by Gasteiger charge is 2.18. The van der Waals surface area contributed by atoms with E-state index in [1.807, 2.05) is 0 Å². The number of nitrogens with one attached hydrogen (secondary N) is 1. The minimum Gasteiger partial charge on any atom is -0.478 e. The fraction of sp³-hybridized carbons (Fsp3) is 0.333. The molecule has 0 aliphatic rings. The molecule has 18 heavy (non-hydrogen) atoms. The standard InChI is InChI=1S/C9H11N3O6/c13-4-5(14)2-10-7-3-11-8(12(17)18)1-6(7)9(15)16/h1,3,5,10,13-14H,2,4H2,(H,15,16). The van der Waals surface area contributed by atoms with Gasteiger partial charge in [0.1, 0.15) is 0 Å². The summed E-state index contributed by atoms with van der Waals surface area (Å²) in [7, 11) is 0. The van der Waals surface area contributed by atoms with E-state index in [-0.39, 0.29) is 17.8 Å². The average molecular weight is 257 g/mol. The molecule has 0 bridgehead atoms. The predicted molar refractivity (Wildman–Crippen MR) is 59.4 cm³/mol. The molecule has 1 aromatic rings. The number of aliphatic hydroxyl groups is 2. The number of pyridine rings is 1. The summed E-state index contributed by atoms with van der Waals surface area (Å²) in [6, 6.07) is 0.815. The van der Waals surface area contributed by atoms with Crippen LogP contribution in [-0.4, -0.2) is 50.5 Å². The van der Waals surface area contributed by atoms with E-state index in [4.69, 9.17) is 15.3 Å². The molecular formula is C9H11N3O6. The van der Waals surface area contributed by atoms with Gasteiger partial charge >= 0.3 is 11.8 Å². The van der Waals surface area contributed by atoms with E-state index in [1.165, 1.54) is 0 Å². The Morgan fingerprint density at radius 3 is 2.78 bits per heavy atom. The van der Waals surface area contributed by atoms with Crippen molar-refractivity contribution in [2.45, 2.75) is 6.10 Å². The normalized spacial score (nSPS) is 11.9. The summed E-state index contributed by atoms with van der Waals surface area (Å²) in [5, 5.41) is 39.6. The summed E-state index contributed by atoms with van der Waals surface area (Å²) >= 11 is 0. The summed E-state index contributed by atoms with van der Waals surface area (Å²) in [6.45, 7) is -0.591. The van der Waals surface area contributed by atoms with Gasteiger partial charge in [0.05, 0.1) is 30.0 Å². The third kappa shape index (κ3) is 3.37. The van der Waals surface area contributed by atoms with E-state index in [0.29, 0.717) is 0 Å². The van der Waals surface area contributed by atoms with Gasteiger partial charge in [0.2, 0.25) is 0 Å². The number of anilines is 1. The third-order valence-corrected chi connectivity index (χ3v) is 2.05. The first-order valence-corrected chi connectivity index (χ1v) is 4.86. The van der Waals surface area contributed by atoms with Gasteiger partial charge in [-0.2, -0.15) is 0 Å². The lowest BCUT2D eigenvalue weighted by Crippen LogP contribution is -2.24. The zero-order valence-corrected chi connectivity index (χ0v) is 9.11. The minimum atomic E-state index is -1.36. The number of carboxylic acid groups (broad SMARTS) is 1. The van der Waals surface area contributed by atoms with Gasteiger partial charge in [-0.05, 0) is 9.91 Å². The molecule has 4 N–H and O–H groups in total. The van der Waals surface area contributed by atoms with Gasteiger partial charge in [0.25, 0.3) is 0 Å². The topological polar surface area (TPSA) is 146 Å². The maximum Gasteiger partial charge on any atom is 0.364 e. The van der Waals surface area contributed by atoms with Gasteiger partial charge in [-0.25, -0.2) is 4.79 Å². The summed E-state index contributed by atoms with van der Waals surface area (Å²) in [4.78, 5) is 24.0. The molecule has 98 valence electrons. The van der Waals surface area contributed by atoms with Gasteiger partial charge in [-0.15, -0.1) is 0 Å². The molecule has 1 atom stereocenters. The minimum absolute atomic E-state index is 0.0283. The fourth-order valence-corrected chi connectivity index (χ4v) is 1.15. The first-order chi connectivity index (χ1) is 8.45. The molecule has 0 saturated carbocycles. The van der Waals surface area contributed by atoms with Crippen LogP contribution >= 0.6 is 0 Å². The Balaban J connectivity index is 2.97. The van der Waals surface area contributed by atoms with Crippen LogP contribution in [-0.2, 0) is 0 Å². The van der Waals surface area contributed by atoms with Crippen molar-refractivity contribution in [3.8, 4) is 0 Å². The molecule has 0 spiro atoms. The number of hydrogen-bond donors (Lipinski definition) is 4. The first kappa shape index (κ1) is 13.8. The second-order valence-electron chi connectivity index (χ2n) is 3.37. The lowest BCUT2D eigenvalue weighted by Gasteiger charge is -2.10. The molecule has 1 rings (SSSR count). The van der Waals surface area contributed by atoms with Crippen LogP contribution in [0.25, 0.3) is 0 Å². The Morgan fingerprint density at radius 2 is 2.28 bits per heavy atom. The molecule has 0 amide bonds. The molecule has 0 aromatic carbocycles. The Hall–Kier alpha value is -2.26. The van der Waals surface area contributed by atoms with E-state index in [9.17, 15) is 14.9 Å². The summed E-state index contributed by atoms with van der Waals surface area (Å²) < 4.78 is 0. The largest absolute Gasteiger partial charge is 0.478 e. The van der Waals surface area contributed by atoms with Crippen molar-refractivity contribution in [3.05, 3.63) is 27.9 Å². The second-order valence-corrected chi connectivity index (χ2v) is 3.37. The molecule has 1 heterocycles.